The van der Waals surface area contributed by atoms with E-state index in [2.05, 4.69) is 0 Å². The Balaban J connectivity index is 2.01. The third-order valence-corrected chi connectivity index (χ3v) is 3.84. The summed E-state index contributed by atoms with van der Waals surface area (Å²) >= 11 is 0. The summed E-state index contributed by atoms with van der Waals surface area (Å²) < 4.78 is 15.4. The normalized spacial score (nSPS) is 18.8. The highest BCUT2D eigenvalue weighted by atomic mass is 19.1. The monoisotopic (exact) mass is 269 g/mol. The van der Waals surface area contributed by atoms with Gasteiger partial charge in [0, 0.05) is 23.4 Å². The zero-order valence-corrected chi connectivity index (χ0v) is 11.3. The van der Waals surface area contributed by atoms with Crippen molar-refractivity contribution in [1.29, 1.82) is 0 Å². The van der Waals surface area contributed by atoms with Crippen LogP contribution in [0.4, 0.5) is 4.39 Å². The summed E-state index contributed by atoms with van der Waals surface area (Å²) in [6, 6.07) is 9.82. The van der Waals surface area contributed by atoms with E-state index in [0.717, 1.165) is 22.8 Å². The van der Waals surface area contributed by atoms with Gasteiger partial charge in [-0.15, -0.1) is 0 Å². The number of para-hydroxylation sites is 1. The summed E-state index contributed by atoms with van der Waals surface area (Å²) in [5.41, 5.74) is 2.84. The lowest BCUT2D eigenvalue weighted by atomic mass is 9.95. The number of fused-ring (bicyclic) bond motifs is 1. The number of halogens is 1. The van der Waals surface area contributed by atoms with E-state index in [1.165, 1.54) is 6.08 Å². The molecule has 0 fully saturated rings. The van der Waals surface area contributed by atoms with E-state index in [1.807, 2.05) is 47.9 Å². The second kappa shape index (κ2) is 5.08. The summed E-state index contributed by atoms with van der Waals surface area (Å²) in [6.45, 7) is 2.52. The van der Waals surface area contributed by atoms with Crippen LogP contribution < -0.4 is 0 Å². The molecule has 0 N–H and O–H groups in total. The van der Waals surface area contributed by atoms with E-state index < -0.39 is 0 Å². The van der Waals surface area contributed by atoms with Crippen molar-refractivity contribution in [2.75, 3.05) is 0 Å². The summed E-state index contributed by atoms with van der Waals surface area (Å²) in [6.07, 6.45) is 4.95. The summed E-state index contributed by atoms with van der Waals surface area (Å²) in [5, 5.41) is 1.06. The Bertz CT molecular complexity index is 724. The molecule has 1 aromatic heterocycles. The highest BCUT2D eigenvalue weighted by Gasteiger charge is 2.16. The molecule has 1 unspecified atom stereocenters. The molecule has 1 aliphatic rings. The molecule has 1 heterocycles. The molecule has 3 heteroatoms. The Hall–Kier alpha value is -2.16. The molecular weight excluding hydrogens is 253 g/mol. The molecule has 2 nitrogen and oxygen atoms in total. The maximum atomic E-state index is 13.4. The highest BCUT2D eigenvalue weighted by Crippen LogP contribution is 2.28. The predicted molar refractivity (Wildman–Crippen MR) is 78.4 cm³/mol. The van der Waals surface area contributed by atoms with Gasteiger partial charge in [-0.2, -0.15) is 0 Å². The molecule has 102 valence electrons. The number of aldehydes is 1. The van der Waals surface area contributed by atoms with Gasteiger partial charge in [-0.3, -0.25) is 4.79 Å². The maximum Gasteiger partial charge on any atom is 0.166 e. The lowest BCUT2D eigenvalue weighted by Crippen LogP contribution is -2.10. The first kappa shape index (κ1) is 12.9. The molecule has 0 saturated heterocycles. The van der Waals surface area contributed by atoms with E-state index in [9.17, 15) is 9.18 Å². The summed E-state index contributed by atoms with van der Waals surface area (Å²) in [5.74, 6) is -0.141. The van der Waals surface area contributed by atoms with Crippen LogP contribution in [0.15, 0.2) is 53.9 Å². The molecule has 0 bridgehead atoms. The highest BCUT2D eigenvalue weighted by molar-refractivity contribution is 5.89. The SMILES string of the molecule is CC1CC(Cn2c(C=O)cc3ccccc32)=CC=C1F. The zero-order valence-electron chi connectivity index (χ0n) is 11.3. The third kappa shape index (κ3) is 2.20. The van der Waals surface area contributed by atoms with Gasteiger partial charge >= 0.3 is 0 Å². The molecule has 0 saturated carbocycles. The standard InChI is InChI=1S/C17H16FNO/c1-12-8-13(6-7-16(12)18)10-19-15(11-20)9-14-4-2-3-5-17(14)19/h2-7,9,11-12H,8,10H2,1H3. The number of benzene rings is 1. The molecule has 2 aromatic rings. The number of hydrogen-bond donors (Lipinski definition) is 0. The molecule has 1 aliphatic carbocycles. The van der Waals surface area contributed by atoms with Crippen molar-refractivity contribution in [3.8, 4) is 0 Å². The van der Waals surface area contributed by atoms with Crippen molar-refractivity contribution in [1.82, 2.24) is 4.57 Å². The van der Waals surface area contributed by atoms with Crippen molar-refractivity contribution in [2.45, 2.75) is 19.9 Å². The summed E-state index contributed by atoms with van der Waals surface area (Å²) in [4.78, 5) is 11.2. The average molecular weight is 269 g/mol. The van der Waals surface area contributed by atoms with Gasteiger partial charge in [0.15, 0.2) is 6.29 Å². The first-order valence-corrected chi connectivity index (χ1v) is 6.77. The number of allylic oxidation sites excluding steroid dienone is 4. The van der Waals surface area contributed by atoms with Crippen LogP contribution in [-0.2, 0) is 6.54 Å². The largest absolute Gasteiger partial charge is 0.334 e. The maximum absolute atomic E-state index is 13.4. The van der Waals surface area contributed by atoms with E-state index in [0.29, 0.717) is 18.7 Å². The number of hydrogen-bond acceptors (Lipinski definition) is 1. The van der Waals surface area contributed by atoms with Gasteiger partial charge in [0.25, 0.3) is 0 Å². The van der Waals surface area contributed by atoms with Crippen molar-refractivity contribution < 1.29 is 9.18 Å². The van der Waals surface area contributed by atoms with E-state index in [4.69, 9.17) is 0 Å². The number of rotatable bonds is 3. The lowest BCUT2D eigenvalue weighted by molar-refractivity contribution is 0.111. The molecule has 20 heavy (non-hydrogen) atoms. The topological polar surface area (TPSA) is 22.0 Å². The number of carbonyl (C=O) groups is 1. The van der Waals surface area contributed by atoms with Gasteiger partial charge in [-0.25, -0.2) is 4.39 Å². The number of nitrogens with zero attached hydrogens (tertiary/aromatic N) is 1. The Kier molecular flexibility index (Phi) is 3.26. The smallest absolute Gasteiger partial charge is 0.166 e. The first-order chi connectivity index (χ1) is 9.69. The minimum Gasteiger partial charge on any atom is -0.334 e. The minimum absolute atomic E-state index is 0.0678. The Morgan fingerprint density at radius 3 is 2.90 bits per heavy atom. The van der Waals surface area contributed by atoms with Crippen molar-refractivity contribution >= 4 is 17.2 Å². The molecule has 1 aromatic carbocycles. The quantitative estimate of drug-likeness (QED) is 0.762. The molecule has 0 spiro atoms. The van der Waals surface area contributed by atoms with Crippen LogP contribution in [0.25, 0.3) is 10.9 Å². The Labute approximate surface area is 117 Å². The van der Waals surface area contributed by atoms with Crippen molar-refractivity contribution in [3.63, 3.8) is 0 Å². The van der Waals surface area contributed by atoms with Gasteiger partial charge in [0.05, 0.1) is 5.69 Å². The van der Waals surface area contributed by atoms with Gasteiger partial charge < -0.3 is 4.57 Å². The van der Waals surface area contributed by atoms with Crippen LogP contribution in [0.2, 0.25) is 0 Å². The fraction of sp³-hybridized carbons (Fsp3) is 0.235. The Morgan fingerprint density at radius 1 is 1.35 bits per heavy atom. The fourth-order valence-electron chi connectivity index (χ4n) is 2.75. The fourth-order valence-corrected chi connectivity index (χ4v) is 2.75. The third-order valence-electron chi connectivity index (χ3n) is 3.84. The van der Waals surface area contributed by atoms with Crippen LogP contribution in [0.3, 0.4) is 0 Å². The molecule has 0 radical (unpaired) electrons. The van der Waals surface area contributed by atoms with E-state index >= 15 is 0 Å². The second-order valence-corrected chi connectivity index (χ2v) is 5.31. The lowest BCUT2D eigenvalue weighted by Gasteiger charge is -2.18. The Morgan fingerprint density at radius 2 is 2.15 bits per heavy atom. The molecular formula is C17H16FNO. The minimum atomic E-state index is -0.0727. The van der Waals surface area contributed by atoms with Gasteiger partial charge in [0.2, 0.25) is 0 Å². The van der Waals surface area contributed by atoms with Gasteiger partial charge in [-0.1, -0.05) is 31.2 Å². The average Bonchev–Trinajstić information content (AvgIpc) is 2.81. The van der Waals surface area contributed by atoms with Gasteiger partial charge in [-0.05, 0) is 30.2 Å². The van der Waals surface area contributed by atoms with Crippen molar-refractivity contribution in [2.24, 2.45) is 5.92 Å². The zero-order chi connectivity index (χ0) is 14.1. The molecule has 1 atom stereocenters. The summed E-state index contributed by atoms with van der Waals surface area (Å²) in [7, 11) is 0. The van der Waals surface area contributed by atoms with Crippen LogP contribution in [0.5, 0.6) is 0 Å². The predicted octanol–water partition coefficient (Wildman–Crippen LogP) is 4.27. The second-order valence-electron chi connectivity index (χ2n) is 5.31. The van der Waals surface area contributed by atoms with E-state index in [1.54, 1.807) is 0 Å². The van der Waals surface area contributed by atoms with Crippen LogP contribution in [0, 0.1) is 5.92 Å². The number of aromatic nitrogens is 1. The van der Waals surface area contributed by atoms with Crippen LogP contribution in [-0.4, -0.2) is 10.9 Å². The molecule has 0 aliphatic heterocycles. The molecule has 3 rings (SSSR count). The van der Waals surface area contributed by atoms with Gasteiger partial charge in [0.1, 0.15) is 5.83 Å². The van der Waals surface area contributed by atoms with Crippen molar-refractivity contribution in [3.05, 3.63) is 59.6 Å². The van der Waals surface area contributed by atoms with Crippen LogP contribution >= 0.6 is 0 Å². The first-order valence-electron chi connectivity index (χ1n) is 6.77. The van der Waals surface area contributed by atoms with E-state index in [-0.39, 0.29) is 11.7 Å². The van der Waals surface area contributed by atoms with Crippen LogP contribution in [0.1, 0.15) is 23.8 Å². The molecule has 0 amide bonds. The number of carbonyl (C=O) groups excluding carboxylic acids is 1.